The van der Waals surface area contributed by atoms with Crippen LogP contribution in [-0.2, 0) is 56.0 Å². The topological polar surface area (TPSA) is 78.7 Å². The fourth-order valence-electron chi connectivity index (χ4n) is 9.10. The molecule has 0 spiro atoms. The van der Waals surface area contributed by atoms with Crippen LogP contribution >= 0.6 is 11.6 Å². The number of hydrogen-bond acceptors (Lipinski definition) is 7. The van der Waals surface area contributed by atoms with Gasteiger partial charge in [0.1, 0.15) is 0 Å². The molecule has 0 radical (unpaired) electrons. The first-order chi connectivity index (χ1) is 29.2. The Kier molecular flexibility index (Phi) is 18.4. The summed E-state index contributed by atoms with van der Waals surface area (Å²) in [5.41, 5.74) is 13.0. The Morgan fingerprint density at radius 1 is 0.817 bits per heavy atom. The van der Waals surface area contributed by atoms with Crippen molar-refractivity contribution < 1.29 is 4.21 Å². The Morgan fingerprint density at radius 2 is 1.47 bits per heavy atom. The third-order valence-corrected chi connectivity index (χ3v) is 14.7. The van der Waals surface area contributed by atoms with Gasteiger partial charge in [-0.2, -0.15) is 0 Å². The van der Waals surface area contributed by atoms with E-state index in [0.29, 0.717) is 5.92 Å². The summed E-state index contributed by atoms with van der Waals surface area (Å²) >= 11 is 7.06. The monoisotopic (exact) mass is 854 g/mol. The van der Waals surface area contributed by atoms with E-state index < -0.39 is 10.8 Å². The molecule has 1 saturated heterocycles. The molecule has 3 unspecified atom stereocenters. The zero-order valence-corrected chi connectivity index (χ0v) is 38.9. The second kappa shape index (κ2) is 23.9. The zero-order chi connectivity index (χ0) is 42.3. The molecule has 0 saturated carbocycles. The van der Waals surface area contributed by atoms with E-state index in [4.69, 9.17) is 11.6 Å². The highest BCUT2D eigenvalue weighted by Gasteiger charge is 2.22. The first-order valence-electron chi connectivity index (χ1n) is 23.0. The van der Waals surface area contributed by atoms with Gasteiger partial charge in [-0.05, 0) is 154 Å². The van der Waals surface area contributed by atoms with Crippen LogP contribution in [0.4, 0.5) is 0 Å². The van der Waals surface area contributed by atoms with Gasteiger partial charge in [0.05, 0.1) is 10.9 Å². The molecule has 0 aliphatic carbocycles. The highest BCUT2D eigenvalue weighted by atomic mass is 35.5. The van der Waals surface area contributed by atoms with Crippen LogP contribution in [0.15, 0.2) is 59.7 Å². The van der Waals surface area contributed by atoms with Crippen molar-refractivity contribution >= 4 is 28.6 Å². The van der Waals surface area contributed by atoms with Gasteiger partial charge < -0.3 is 15.1 Å². The number of halogens is 1. The van der Waals surface area contributed by atoms with Crippen LogP contribution in [0.2, 0.25) is 5.02 Å². The smallest absolute Gasteiger partial charge is 0.0830 e. The van der Waals surface area contributed by atoms with Gasteiger partial charge in [0.15, 0.2) is 0 Å². The Balaban J connectivity index is 1.02. The summed E-state index contributed by atoms with van der Waals surface area (Å²) in [6, 6.07) is 18.2. The van der Waals surface area contributed by atoms with Gasteiger partial charge in [-0.1, -0.05) is 91.9 Å². The molecule has 6 rings (SSSR count). The molecular formula is C50H72ClN7OS. The molecule has 8 nitrogen and oxygen atoms in total. The molecule has 4 aromatic rings. The van der Waals surface area contributed by atoms with Crippen LogP contribution in [0.3, 0.4) is 0 Å². The normalized spacial score (nSPS) is 17.8. The van der Waals surface area contributed by atoms with Crippen molar-refractivity contribution in [1.82, 2.24) is 30.1 Å². The summed E-state index contributed by atoms with van der Waals surface area (Å²) < 4.78 is 14.3. The highest BCUT2D eigenvalue weighted by molar-refractivity contribution is 7.85. The summed E-state index contributed by atoms with van der Waals surface area (Å²) in [4.78, 5) is 9.53. The molecule has 10 heteroatoms. The maximum Gasteiger partial charge on any atom is 0.0830 e. The lowest BCUT2D eigenvalue weighted by Gasteiger charge is -2.27. The van der Waals surface area contributed by atoms with Crippen molar-refractivity contribution in [3.05, 3.63) is 104 Å². The third kappa shape index (κ3) is 13.6. The maximum atomic E-state index is 12.2. The average Bonchev–Trinajstić information content (AvgIpc) is 3.72. The van der Waals surface area contributed by atoms with Gasteiger partial charge in [-0.25, -0.2) is 0 Å². The van der Waals surface area contributed by atoms with E-state index in [0.717, 1.165) is 94.9 Å². The van der Waals surface area contributed by atoms with E-state index in [1.807, 2.05) is 10.9 Å². The number of nitrogens with zero attached hydrogens (tertiary/aromatic N) is 6. The quantitative estimate of drug-likeness (QED) is 0.0751. The fourth-order valence-corrected chi connectivity index (χ4v) is 10.2. The second-order valence-electron chi connectivity index (χ2n) is 17.6. The van der Waals surface area contributed by atoms with Gasteiger partial charge in [0, 0.05) is 80.3 Å². The van der Waals surface area contributed by atoms with Crippen molar-refractivity contribution in [3.8, 4) is 11.1 Å². The number of rotatable bonds is 23. The molecule has 326 valence electrons. The summed E-state index contributed by atoms with van der Waals surface area (Å²) in [6.07, 6.45) is 20.3. The third-order valence-electron chi connectivity index (χ3n) is 13.2. The predicted octanol–water partition coefficient (Wildman–Crippen LogP) is 9.25. The molecule has 1 fully saturated rings. The van der Waals surface area contributed by atoms with Gasteiger partial charge in [-0.3, -0.25) is 13.9 Å². The minimum absolute atomic E-state index is 0.0752. The largest absolute Gasteiger partial charge is 0.314 e. The number of benzene rings is 3. The Bertz CT molecular complexity index is 2010. The second-order valence-corrected chi connectivity index (χ2v) is 19.6. The number of piperazine rings is 1. The molecule has 3 heterocycles. The van der Waals surface area contributed by atoms with Crippen LogP contribution in [-0.4, -0.2) is 99.6 Å². The molecule has 1 aromatic heterocycles. The lowest BCUT2D eigenvalue weighted by atomic mass is 9.88. The molecule has 1 N–H and O–H groups in total. The van der Waals surface area contributed by atoms with Gasteiger partial charge in [0.25, 0.3) is 0 Å². The van der Waals surface area contributed by atoms with Crippen molar-refractivity contribution in [2.24, 2.45) is 10.9 Å². The lowest BCUT2D eigenvalue weighted by molar-refractivity contribution is 0.236. The van der Waals surface area contributed by atoms with Crippen LogP contribution in [0, 0.1) is 19.8 Å². The Morgan fingerprint density at radius 3 is 2.15 bits per heavy atom. The molecule has 0 amide bonds. The van der Waals surface area contributed by atoms with Gasteiger partial charge >= 0.3 is 0 Å². The average molecular weight is 855 g/mol. The lowest BCUT2D eigenvalue weighted by Crippen LogP contribution is -2.43. The highest BCUT2D eigenvalue weighted by Crippen LogP contribution is 2.33. The zero-order valence-electron chi connectivity index (χ0n) is 37.4. The number of unbranched alkanes of at least 4 members (excludes halogenated alkanes) is 5. The first-order valence-corrected chi connectivity index (χ1v) is 25.0. The number of nitrogens with one attached hydrogen (secondary N) is 1. The van der Waals surface area contributed by atoms with E-state index in [1.165, 1.54) is 108 Å². The standard InChI is InChI=1S/C50H72ClN7OS/c1-6-56(4)36-45-33-50(51)44(32-43(45)20-19-40-31-47(60(5)59)35-53-34-40)22-21-41-15-13-17-48(38(41)2)49-18-14-16-42(39(49)3)23-24-46-37-58(55-54-46)28-12-10-8-7-9-11-27-57-29-25-52-26-30-57/h13-18,32-33,35,37,40,47,52H,6-12,19-31,34,36H2,1-5H3. The van der Waals surface area contributed by atoms with Crippen molar-refractivity contribution in [2.45, 2.75) is 123 Å². The van der Waals surface area contributed by atoms with E-state index in [-0.39, 0.29) is 5.25 Å². The van der Waals surface area contributed by atoms with E-state index in [2.05, 4.69) is 113 Å². The van der Waals surface area contributed by atoms with Crippen molar-refractivity contribution in [1.29, 1.82) is 0 Å². The number of aliphatic imine (C=N–C) groups is 1. The van der Waals surface area contributed by atoms with Crippen LogP contribution in [0.1, 0.15) is 103 Å². The van der Waals surface area contributed by atoms with E-state index in [9.17, 15) is 4.21 Å². The molecule has 3 aromatic carbocycles. The fraction of sp³-hybridized carbons (Fsp3) is 0.580. The van der Waals surface area contributed by atoms with Gasteiger partial charge in [-0.15, -0.1) is 5.10 Å². The summed E-state index contributed by atoms with van der Waals surface area (Å²) in [5.74, 6) is 0.459. The molecule has 60 heavy (non-hydrogen) atoms. The Hall–Kier alpha value is -3.21. The van der Waals surface area contributed by atoms with E-state index >= 15 is 0 Å². The molecule has 2 aliphatic rings. The molecule has 2 aliphatic heterocycles. The van der Waals surface area contributed by atoms with Crippen LogP contribution < -0.4 is 5.32 Å². The van der Waals surface area contributed by atoms with Crippen molar-refractivity contribution in [3.63, 3.8) is 0 Å². The molecular weight excluding hydrogens is 782 g/mol. The Labute approximate surface area is 369 Å². The van der Waals surface area contributed by atoms with Crippen LogP contribution in [0.5, 0.6) is 0 Å². The predicted molar refractivity (Wildman–Crippen MR) is 254 cm³/mol. The molecule has 3 atom stereocenters. The van der Waals surface area contributed by atoms with Crippen LogP contribution in [0.25, 0.3) is 11.1 Å². The summed E-state index contributed by atoms with van der Waals surface area (Å²) in [5, 5.41) is 13.4. The van der Waals surface area contributed by atoms with Gasteiger partial charge in [0.2, 0.25) is 0 Å². The number of hydrogen-bond donors (Lipinski definition) is 1. The summed E-state index contributed by atoms with van der Waals surface area (Å²) in [7, 11) is 1.30. The van der Waals surface area contributed by atoms with Crippen molar-refractivity contribution in [2.75, 3.05) is 59.1 Å². The number of aromatic nitrogens is 3. The van der Waals surface area contributed by atoms with E-state index in [1.54, 1.807) is 6.26 Å². The SMILES string of the molecule is CCN(C)Cc1cc(Cl)c(CCc2cccc(-c3cccc(CCc4cn(CCCCCCCCN5CCNCC5)nn4)c3C)c2C)cc1CCC1CN=CC(S(C)=O)C1. The minimum atomic E-state index is -0.872. The maximum absolute atomic E-state index is 12.2. The minimum Gasteiger partial charge on any atom is -0.314 e. The first kappa shape index (κ1) is 46.3. The summed E-state index contributed by atoms with van der Waals surface area (Å²) in [6.45, 7) is 16.4. The molecule has 0 bridgehead atoms. The number of aryl methyl sites for hydroxylation is 6.